The molecule has 0 spiro atoms. The van der Waals surface area contributed by atoms with E-state index >= 15 is 0 Å². The van der Waals surface area contributed by atoms with Crippen molar-refractivity contribution in [2.75, 3.05) is 0 Å². The summed E-state index contributed by atoms with van der Waals surface area (Å²) in [6, 6.07) is 7.75. The maximum atomic E-state index is 13.6. The predicted molar refractivity (Wildman–Crippen MR) is 68.9 cm³/mol. The number of carbonyl (C=O) groups excluding carboxylic acids is 1. The van der Waals surface area contributed by atoms with E-state index in [0.29, 0.717) is 0 Å². The minimum Gasteiger partial charge on any atom is -0.288 e. The summed E-state index contributed by atoms with van der Waals surface area (Å²) in [5, 5.41) is 0.177. The van der Waals surface area contributed by atoms with Gasteiger partial charge in [0.05, 0.1) is 11.1 Å². The SMILES string of the molecule is O=C(c1ccc(Cl)cc1F)c1c(F)cccc1Br. The van der Waals surface area contributed by atoms with Crippen LogP contribution >= 0.6 is 27.5 Å². The number of hydrogen-bond acceptors (Lipinski definition) is 1. The average molecular weight is 332 g/mol. The molecule has 1 nitrogen and oxygen atoms in total. The first-order chi connectivity index (χ1) is 8.50. The van der Waals surface area contributed by atoms with Gasteiger partial charge in [-0.25, -0.2) is 8.78 Å². The molecule has 2 rings (SSSR count). The molecule has 0 aliphatic carbocycles. The van der Waals surface area contributed by atoms with Gasteiger partial charge < -0.3 is 0 Å². The number of halogens is 4. The molecule has 18 heavy (non-hydrogen) atoms. The summed E-state index contributed by atoms with van der Waals surface area (Å²) < 4.78 is 27.5. The zero-order valence-corrected chi connectivity index (χ0v) is 11.2. The van der Waals surface area contributed by atoms with Crippen molar-refractivity contribution in [3.05, 3.63) is 68.7 Å². The Hall–Kier alpha value is -1.26. The molecule has 0 saturated heterocycles. The molecule has 0 atom stereocenters. The standard InChI is InChI=1S/C13H6BrClF2O/c14-9-2-1-3-10(16)12(9)13(18)8-5-4-7(15)6-11(8)17/h1-6H. The molecule has 0 aromatic heterocycles. The first-order valence-corrected chi connectivity index (χ1v) is 6.11. The Morgan fingerprint density at radius 1 is 1.11 bits per heavy atom. The summed E-state index contributed by atoms with van der Waals surface area (Å²) in [7, 11) is 0. The molecule has 0 fully saturated rings. The Balaban J connectivity index is 2.55. The van der Waals surface area contributed by atoms with Gasteiger partial charge in [-0.2, -0.15) is 0 Å². The molecule has 0 aliphatic rings. The van der Waals surface area contributed by atoms with Crippen molar-refractivity contribution in [2.45, 2.75) is 0 Å². The molecule has 92 valence electrons. The van der Waals surface area contributed by atoms with Crippen molar-refractivity contribution in [3.8, 4) is 0 Å². The lowest BCUT2D eigenvalue weighted by Gasteiger charge is -2.06. The van der Waals surface area contributed by atoms with E-state index in [-0.39, 0.29) is 20.6 Å². The third-order valence-corrected chi connectivity index (χ3v) is 3.26. The Bertz CT molecular complexity index is 608. The Morgan fingerprint density at radius 2 is 1.83 bits per heavy atom. The fourth-order valence-corrected chi connectivity index (χ4v) is 2.20. The number of hydrogen-bond donors (Lipinski definition) is 0. The number of carbonyl (C=O) groups is 1. The molecule has 0 bridgehead atoms. The molecule has 0 heterocycles. The smallest absolute Gasteiger partial charge is 0.200 e. The van der Waals surface area contributed by atoms with Crippen molar-refractivity contribution in [1.82, 2.24) is 0 Å². The molecule has 5 heteroatoms. The van der Waals surface area contributed by atoms with Gasteiger partial charge in [0, 0.05) is 9.50 Å². The summed E-state index contributed by atoms with van der Waals surface area (Å²) in [6.07, 6.45) is 0. The van der Waals surface area contributed by atoms with Gasteiger partial charge in [-0.3, -0.25) is 4.79 Å². The van der Waals surface area contributed by atoms with Crippen LogP contribution in [0.2, 0.25) is 5.02 Å². The summed E-state index contributed by atoms with van der Waals surface area (Å²) in [6.45, 7) is 0. The first-order valence-electron chi connectivity index (χ1n) is 4.94. The second-order valence-corrected chi connectivity index (χ2v) is 4.84. The topological polar surface area (TPSA) is 17.1 Å². The molecule has 2 aromatic rings. The van der Waals surface area contributed by atoms with Crippen LogP contribution in [0.1, 0.15) is 15.9 Å². The zero-order valence-electron chi connectivity index (χ0n) is 8.88. The minimum atomic E-state index is -0.775. The third kappa shape index (κ3) is 2.44. The van der Waals surface area contributed by atoms with E-state index in [4.69, 9.17) is 11.6 Å². The van der Waals surface area contributed by atoms with Crippen LogP contribution in [-0.2, 0) is 0 Å². The molecule has 2 aromatic carbocycles. The predicted octanol–water partition coefficient (Wildman–Crippen LogP) is 4.61. The largest absolute Gasteiger partial charge is 0.288 e. The number of rotatable bonds is 2. The second-order valence-electron chi connectivity index (χ2n) is 3.55. The van der Waals surface area contributed by atoms with E-state index < -0.39 is 17.4 Å². The highest BCUT2D eigenvalue weighted by molar-refractivity contribution is 9.10. The van der Waals surface area contributed by atoms with Gasteiger partial charge in [0.1, 0.15) is 11.6 Å². The first kappa shape index (κ1) is 13.2. The van der Waals surface area contributed by atoms with E-state index in [9.17, 15) is 13.6 Å². The van der Waals surface area contributed by atoms with E-state index in [1.165, 1.54) is 24.3 Å². The molecule has 0 saturated carbocycles. The van der Waals surface area contributed by atoms with Crippen LogP contribution in [0.3, 0.4) is 0 Å². The Labute approximate surface area is 116 Å². The van der Waals surface area contributed by atoms with Gasteiger partial charge in [0.15, 0.2) is 5.78 Å². The van der Waals surface area contributed by atoms with Gasteiger partial charge in [-0.1, -0.05) is 17.7 Å². The maximum Gasteiger partial charge on any atom is 0.200 e. The van der Waals surface area contributed by atoms with E-state index in [0.717, 1.165) is 12.1 Å². The van der Waals surface area contributed by atoms with Crippen LogP contribution in [0.5, 0.6) is 0 Å². The fraction of sp³-hybridized carbons (Fsp3) is 0. The van der Waals surface area contributed by atoms with Crippen molar-refractivity contribution >= 4 is 33.3 Å². The molecular weight excluding hydrogens is 325 g/mol. The molecule has 0 unspecified atom stereocenters. The molecular formula is C13H6BrClF2O. The van der Waals surface area contributed by atoms with E-state index in [1.807, 2.05) is 0 Å². The van der Waals surface area contributed by atoms with Crippen LogP contribution in [-0.4, -0.2) is 5.78 Å². The van der Waals surface area contributed by atoms with Crippen LogP contribution in [0, 0.1) is 11.6 Å². The molecule has 0 amide bonds. The fourth-order valence-electron chi connectivity index (χ4n) is 1.52. The van der Waals surface area contributed by atoms with Gasteiger partial charge in [-0.05, 0) is 46.3 Å². The maximum absolute atomic E-state index is 13.6. The highest BCUT2D eigenvalue weighted by atomic mass is 79.9. The summed E-state index contributed by atoms with van der Waals surface area (Å²) in [5.74, 6) is -2.21. The van der Waals surface area contributed by atoms with Crippen molar-refractivity contribution < 1.29 is 13.6 Å². The average Bonchev–Trinajstić information content (AvgIpc) is 2.28. The zero-order chi connectivity index (χ0) is 13.3. The van der Waals surface area contributed by atoms with Gasteiger partial charge in [0.25, 0.3) is 0 Å². The van der Waals surface area contributed by atoms with E-state index in [1.54, 1.807) is 0 Å². The van der Waals surface area contributed by atoms with Gasteiger partial charge in [-0.15, -0.1) is 0 Å². The van der Waals surface area contributed by atoms with Crippen LogP contribution in [0.25, 0.3) is 0 Å². The Morgan fingerprint density at radius 3 is 2.44 bits per heavy atom. The molecule has 0 N–H and O–H groups in total. The number of benzene rings is 2. The minimum absolute atomic E-state index is 0.177. The Kier molecular flexibility index (Phi) is 3.78. The van der Waals surface area contributed by atoms with E-state index in [2.05, 4.69) is 15.9 Å². The summed E-state index contributed by atoms with van der Waals surface area (Å²) in [5.41, 5.74) is -0.413. The van der Waals surface area contributed by atoms with Crippen LogP contribution in [0.15, 0.2) is 40.9 Å². The van der Waals surface area contributed by atoms with Crippen molar-refractivity contribution in [1.29, 1.82) is 0 Å². The quantitative estimate of drug-likeness (QED) is 0.734. The van der Waals surface area contributed by atoms with Gasteiger partial charge in [0.2, 0.25) is 0 Å². The molecule has 0 aliphatic heterocycles. The second kappa shape index (κ2) is 5.16. The van der Waals surface area contributed by atoms with Crippen LogP contribution < -0.4 is 0 Å². The van der Waals surface area contributed by atoms with Crippen molar-refractivity contribution in [2.24, 2.45) is 0 Å². The number of ketones is 1. The summed E-state index contributed by atoms with van der Waals surface area (Å²) >= 11 is 8.67. The van der Waals surface area contributed by atoms with Crippen LogP contribution in [0.4, 0.5) is 8.78 Å². The molecule has 0 radical (unpaired) electrons. The lowest BCUT2D eigenvalue weighted by atomic mass is 10.0. The monoisotopic (exact) mass is 330 g/mol. The normalized spacial score (nSPS) is 10.4. The highest BCUT2D eigenvalue weighted by Crippen LogP contribution is 2.25. The van der Waals surface area contributed by atoms with Crippen molar-refractivity contribution in [3.63, 3.8) is 0 Å². The summed E-state index contributed by atoms with van der Waals surface area (Å²) in [4.78, 5) is 12.1. The van der Waals surface area contributed by atoms with Gasteiger partial charge >= 0.3 is 0 Å². The highest BCUT2D eigenvalue weighted by Gasteiger charge is 2.20. The lowest BCUT2D eigenvalue weighted by Crippen LogP contribution is -2.07. The third-order valence-electron chi connectivity index (χ3n) is 2.37. The lowest BCUT2D eigenvalue weighted by molar-refractivity contribution is 0.103.